The van der Waals surface area contributed by atoms with Gasteiger partial charge in [-0.15, -0.1) is 0 Å². The number of halogens is 1. The molecule has 1 heterocycles. The van der Waals surface area contributed by atoms with Crippen LogP contribution in [0.5, 0.6) is 5.75 Å². The highest BCUT2D eigenvalue weighted by molar-refractivity contribution is 9.10. The maximum atomic E-state index is 9.64. The Morgan fingerprint density at radius 2 is 2.24 bits per heavy atom. The van der Waals surface area contributed by atoms with Crippen LogP contribution in [-0.4, -0.2) is 23.9 Å². The molecule has 0 unspecified atom stereocenters. The van der Waals surface area contributed by atoms with Gasteiger partial charge in [-0.2, -0.15) is 0 Å². The first-order valence-corrected chi connectivity index (χ1v) is 6.62. The van der Waals surface area contributed by atoms with Gasteiger partial charge in [0.1, 0.15) is 5.75 Å². The smallest absolute Gasteiger partial charge is 0.127 e. The van der Waals surface area contributed by atoms with E-state index in [0.29, 0.717) is 13.1 Å². The fourth-order valence-corrected chi connectivity index (χ4v) is 2.53. The van der Waals surface area contributed by atoms with E-state index in [4.69, 9.17) is 4.74 Å². The summed E-state index contributed by atoms with van der Waals surface area (Å²) in [4.78, 5) is 0. The third-order valence-corrected chi connectivity index (χ3v) is 3.16. The van der Waals surface area contributed by atoms with Gasteiger partial charge in [0, 0.05) is 29.5 Å². The lowest BCUT2D eigenvalue weighted by Gasteiger charge is -2.18. The zero-order valence-corrected chi connectivity index (χ0v) is 11.8. The van der Waals surface area contributed by atoms with E-state index < -0.39 is 5.60 Å². The summed E-state index contributed by atoms with van der Waals surface area (Å²) in [5.74, 6) is 1.01. The van der Waals surface area contributed by atoms with Crippen LogP contribution in [-0.2, 0) is 13.0 Å². The number of fused-ring (bicyclic) bond motifs is 1. The molecule has 0 spiro atoms. The number of hydrogen-bond donors (Lipinski definition) is 2. The van der Waals surface area contributed by atoms with Crippen LogP contribution in [0.15, 0.2) is 16.6 Å². The van der Waals surface area contributed by atoms with Crippen molar-refractivity contribution in [3.05, 3.63) is 27.7 Å². The van der Waals surface area contributed by atoms with Gasteiger partial charge in [-0.1, -0.05) is 15.9 Å². The van der Waals surface area contributed by atoms with Crippen LogP contribution in [0.4, 0.5) is 0 Å². The average Bonchev–Trinajstić information content (AvgIpc) is 2.63. The van der Waals surface area contributed by atoms with E-state index in [0.717, 1.165) is 28.8 Å². The standard InChI is InChI=1S/C13H18BrNO2/c1-13(2,16)8-15-7-10-6-11(14)5-9-3-4-17-12(9)10/h5-6,15-16H,3-4,7-8H2,1-2H3. The normalized spacial score (nSPS) is 14.6. The molecule has 0 saturated heterocycles. The number of ether oxygens (including phenoxy) is 1. The minimum absolute atomic E-state index is 0.564. The second kappa shape index (κ2) is 4.96. The second-order valence-corrected chi connectivity index (χ2v) is 5.98. The van der Waals surface area contributed by atoms with Crippen LogP contribution < -0.4 is 10.1 Å². The Morgan fingerprint density at radius 3 is 2.94 bits per heavy atom. The maximum Gasteiger partial charge on any atom is 0.127 e. The van der Waals surface area contributed by atoms with Crippen LogP contribution in [0.2, 0.25) is 0 Å². The molecule has 1 aromatic carbocycles. The van der Waals surface area contributed by atoms with Crippen LogP contribution in [0.1, 0.15) is 25.0 Å². The first-order chi connectivity index (χ1) is 7.96. The number of hydrogen-bond acceptors (Lipinski definition) is 3. The van der Waals surface area contributed by atoms with E-state index in [1.807, 2.05) is 0 Å². The summed E-state index contributed by atoms with van der Waals surface area (Å²) in [7, 11) is 0. The zero-order chi connectivity index (χ0) is 12.5. The number of benzene rings is 1. The summed E-state index contributed by atoms with van der Waals surface area (Å²) in [5, 5.41) is 12.9. The third-order valence-electron chi connectivity index (χ3n) is 2.70. The lowest BCUT2D eigenvalue weighted by molar-refractivity contribution is 0.0794. The molecule has 0 fully saturated rings. The van der Waals surface area contributed by atoms with Crippen LogP contribution >= 0.6 is 15.9 Å². The van der Waals surface area contributed by atoms with Crippen molar-refractivity contribution in [3.63, 3.8) is 0 Å². The van der Waals surface area contributed by atoms with E-state index in [1.54, 1.807) is 13.8 Å². The SMILES string of the molecule is CC(C)(O)CNCc1cc(Br)cc2c1OCC2. The summed E-state index contributed by atoms with van der Waals surface area (Å²) in [6.45, 7) is 5.63. The van der Waals surface area contributed by atoms with Gasteiger partial charge in [-0.05, 0) is 31.5 Å². The molecule has 0 atom stereocenters. The Bertz CT molecular complexity index is 413. The van der Waals surface area contributed by atoms with Crippen molar-refractivity contribution in [1.82, 2.24) is 5.32 Å². The Morgan fingerprint density at radius 1 is 1.47 bits per heavy atom. The van der Waals surface area contributed by atoms with Gasteiger partial charge in [-0.3, -0.25) is 0 Å². The molecule has 0 bridgehead atoms. The highest BCUT2D eigenvalue weighted by Gasteiger charge is 2.18. The lowest BCUT2D eigenvalue weighted by Crippen LogP contribution is -2.34. The summed E-state index contributed by atoms with van der Waals surface area (Å²) < 4.78 is 6.73. The molecular weight excluding hydrogens is 282 g/mol. The van der Waals surface area contributed by atoms with E-state index >= 15 is 0 Å². The fourth-order valence-electron chi connectivity index (χ4n) is 1.98. The minimum Gasteiger partial charge on any atom is -0.493 e. The summed E-state index contributed by atoms with van der Waals surface area (Å²) >= 11 is 3.51. The molecule has 2 rings (SSSR count). The van der Waals surface area contributed by atoms with E-state index in [-0.39, 0.29) is 0 Å². The van der Waals surface area contributed by atoms with Gasteiger partial charge in [0.25, 0.3) is 0 Å². The van der Waals surface area contributed by atoms with Crippen molar-refractivity contribution in [2.24, 2.45) is 0 Å². The van der Waals surface area contributed by atoms with Gasteiger partial charge in [-0.25, -0.2) is 0 Å². The van der Waals surface area contributed by atoms with Crippen molar-refractivity contribution in [1.29, 1.82) is 0 Å². The fraction of sp³-hybridized carbons (Fsp3) is 0.538. The Kier molecular flexibility index (Phi) is 3.76. The molecule has 0 aliphatic carbocycles. The first kappa shape index (κ1) is 12.9. The molecule has 17 heavy (non-hydrogen) atoms. The molecule has 0 radical (unpaired) electrons. The lowest BCUT2D eigenvalue weighted by atomic mass is 10.1. The summed E-state index contributed by atoms with van der Waals surface area (Å²) in [6.07, 6.45) is 0.979. The number of aliphatic hydroxyl groups is 1. The van der Waals surface area contributed by atoms with Gasteiger partial charge in [0.2, 0.25) is 0 Å². The Hall–Kier alpha value is -0.580. The predicted molar refractivity (Wildman–Crippen MR) is 71.3 cm³/mol. The van der Waals surface area contributed by atoms with Crippen molar-refractivity contribution in [3.8, 4) is 5.75 Å². The highest BCUT2D eigenvalue weighted by atomic mass is 79.9. The van der Waals surface area contributed by atoms with Crippen LogP contribution in [0.3, 0.4) is 0 Å². The summed E-state index contributed by atoms with van der Waals surface area (Å²) in [6, 6.07) is 4.18. The molecule has 1 aliphatic rings. The number of nitrogens with one attached hydrogen (secondary N) is 1. The molecule has 2 N–H and O–H groups in total. The largest absolute Gasteiger partial charge is 0.493 e. The van der Waals surface area contributed by atoms with Crippen molar-refractivity contribution in [2.45, 2.75) is 32.4 Å². The van der Waals surface area contributed by atoms with Crippen molar-refractivity contribution >= 4 is 15.9 Å². The monoisotopic (exact) mass is 299 g/mol. The maximum absolute atomic E-state index is 9.64. The topological polar surface area (TPSA) is 41.5 Å². The van der Waals surface area contributed by atoms with Gasteiger partial charge < -0.3 is 15.2 Å². The van der Waals surface area contributed by atoms with Crippen LogP contribution in [0, 0.1) is 0 Å². The second-order valence-electron chi connectivity index (χ2n) is 5.07. The van der Waals surface area contributed by atoms with Gasteiger partial charge in [0.15, 0.2) is 0 Å². The summed E-state index contributed by atoms with van der Waals surface area (Å²) in [5.41, 5.74) is 1.73. The van der Waals surface area contributed by atoms with E-state index in [9.17, 15) is 5.11 Å². The number of rotatable bonds is 4. The van der Waals surface area contributed by atoms with Gasteiger partial charge in [0.05, 0.1) is 12.2 Å². The van der Waals surface area contributed by atoms with Crippen LogP contribution in [0.25, 0.3) is 0 Å². The van der Waals surface area contributed by atoms with Crippen molar-refractivity contribution < 1.29 is 9.84 Å². The first-order valence-electron chi connectivity index (χ1n) is 5.83. The molecule has 4 heteroatoms. The Balaban J connectivity index is 2.06. The zero-order valence-electron chi connectivity index (χ0n) is 10.2. The molecule has 1 aliphatic heterocycles. The molecule has 3 nitrogen and oxygen atoms in total. The third kappa shape index (κ3) is 3.44. The van der Waals surface area contributed by atoms with Gasteiger partial charge >= 0.3 is 0 Å². The van der Waals surface area contributed by atoms with E-state index in [2.05, 4.69) is 33.4 Å². The molecule has 1 aromatic rings. The minimum atomic E-state index is -0.684. The van der Waals surface area contributed by atoms with E-state index in [1.165, 1.54) is 5.56 Å². The molecule has 94 valence electrons. The average molecular weight is 300 g/mol. The Labute approximate surface area is 110 Å². The van der Waals surface area contributed by atoms with Crippen molar-refractivity contribution in [2.75, 3.05) is 13.2 Å². The molecule has 0 aromatic heterocycles. The highest BCUT2D eigenvalue weighted by Crippen LogP contribution is 2.32. The molecule has 0 saturated carbocycles. The molecule has 0 amide bonds. The quantitative estimate of drug-likeness (QED) is 0.896. The molecular formula is C13H18BrNO2. The predicted octanol–water partition coefficient (Wildman–Crippen LogP) is 2.24.